The highest BCUT2D eigenvalue weighted by molar-refractivity contribution is 6.34. The van der Waals surface area contributed by atoms with Gasteiger partial charge in [-0.1, -0.05) is 23.2 Å². The second kappa shape index (κ2) is 4.64. The molecule has 5 heteroatoms. The van der Waals surface area contributed by atoms with Gasteiger partial charge in [0.1, 0.15) is 0 Å². The Morgan fingerprint density at radius 1 is 1.36 bits per heavy atom. The van der Waals surface area contributed by atoms with Gasteiger partial charge in [0, 0.05) is 16.6 Å². The van der Waals surface area contributed by atoms with Crippen LogP contribution < -0.4 is 5.73 Å². The molecular formula is C9H9Cl2NO2. The lowest BCUT2D eigenvalue weighted by atomic mass is 10.00. The van der Waals surface area contributed by atoms with Crippen molar-refractivity contribution in [2.75, 3.05) is 6.54 Å². The van der Waals surface area contributed by atoms with Crippen LogP contribution in [-0.2, 0) is 4.79 Å². The number of hydrogen-bond acceptors (Lipinski definition) is 2. The molecule has 1 unspecified atom stereocenters. The van der Waals surface area contributed by atoms with Crippen LogP contribution in [0.4, 0.5) is 0 Å². The maximum Gasteiger partial charge on any atom is 0.312 e. The fourth-order valence-corrected chi connectivity index (χ4v) is 1.70. The van der Waals surface area contributed by atoms with Crippen molar-refractivity contribution in [1.29, 1.82) is 0 Å². The summed E-state index contributed by atoms with van der Waals surface area (Å²) in [5, 5.41) is 9.66. The Labute approximate surface area is 91.4 Å². The average Bonchev–Trinajstić information content (AvgIpc) is 2.02. The van der Waals surface area contributed by atoms with E-state index in [-0.39, 0.29) is 6.54 Å². The van der Waals surface area contributed by atoms with Gasteiger partial charge in [-0.15, -0.1) is 0 Å². The summed E-state index contributed by atoms with van der Waals surface area (Å²) in [6.45, 7) is 0.0198. The number of carboxylic acids is 1. The quantitative estimate of drug-likeness (QED) is 0.841. The first-order chi connectivity index (χ1) is 6.54. The van der Waals surface area contributed by atoms with E-state index in [1.54, 1.807) is 18.2 Å². The molecule has 0 aromatic heterocycles. The van der Waals surface area contributed by atoms with Crippen molar-refractivity contribution in [2.24, 2.45) is 5.73 Å². The second-order valence-electron chi connectivity index (χ2n) is 2.83. The van der Waals surface area contributed by atoms with E-state index < -0.39 is 11.9 Å². The summed E-state index contributed by atoms with van der Waals surface area (Å²) < 4.78 is 0. The molecule has 1 rings (SSSR count). The number of rotatable bonds is 3. The number of halogens is 2. The lowest BCUT2D eigenvalue weighted by molar-refractivity contribution is -0.138. The minimum Gasteiger partial charge on any atom is -0.481 e. The minimum atomic E-state index is -0.981. The van der Waals surface area contributed by atoms with Gasteiger partial charge in [-0.3, -0.25) is 4.79 Å². The van der Waals surface area contributed by atoms with E-state index in [4.69, 9.17) is 34.0 Å². The molecule has 0 saturated heterocycles. The molecule has 3 nitrogen and oxygen atoms in total. The molecule has 0 spiro atoms. The Balaban J connectivity index is 3.10. The number of carboxylic acid groups (broad SMARTS) is 1. The van der Waals surface area contributed by atoms with Gasteiger partial charge >= 0.3 is 5.97 Å². The molecule has 0 aliphatic carbocycles. The normalized spacial score (nSPS) is 12.5. The van der Waals surface area contributed by atoms with Crippen molar-refractivity contribution >= 4 is 29.2 Å². The summed E-state index contributed by atoms with van der Waals surface area (Å²) in [4.78, 5) is 10.8. The van der Waals surface area contributed by atoms with Crippen molar-refractivity contribution in [1.82, 2.24) is 0 Å². The average molecular weight is 234 g/mol. The van der Waals surface area contributed by atoms with E-state index in [0.29, 0.717) is 15.6 Å². The Bertz CT molecular complexity index is 334. The first-order valence-electron chi connectivity index (χ1n) is 3.93. The summed E-state index contributed by atoms with van der Waals surface area (Å²) in [7, 11) is 0. The topological polar surface area (TPSA) is 63.3 Å². The fraction of sp³-hybridized carbons (Fsp3) is 0.222. The third kappa shape index (κ3) is 2.61. The van der Waals surface area contributed by atoms with E-state index in [1.165, 1.54) is 0 Å². The minimum absolute atomic E-state index is 0.0198. The van der Waals surface area contributed by atoms with Crippen molar-refractivity contribution < 1.29 is 9.90 Å². The Morgan fingerprint density at radius 3 is 2.21 bits per heavy atom. The molecule has 0 radical (unpaired) electrons. The molecule has 0 heterocycles. The van der Waals surface area contributed by atoms with Crippen LogP contribution in [0.25, 0.3) is 0 Å². The smallest absolute Gasteiger partial charge is 0.312 e. The fourth-order valence-electron chi connectivity index (χ4n) is 1.16. The van der Waals surface area contributed by atoms with E-state index >= 15 is 0 Å². The largest absolute Gasteiger partial charge is 0.481 e. The molecule has 14 heavy (non-hydrogen) atoms. The van der Waals surface area contributed by atoms with E-state index in [9.17, 15) is 4.79 Å². The number of hydrogen-bond donors (Lipinski definition) is 2. The molecule has 0 bridgehead atoms. The van der Waals surface area contributed by atoms with Gasteiger partial charge in [0.2, 0.25) is 0 Å². The summed E-state index contributed by atoms with van der Waals surface area (Å²) in [6.07, 6.45) is 0. The maximum absolute atomic E-state index is 10.8. The summed E-state index contributed by atoms with van der Waals surface area (Å²) in [5.41, 5.74) is 5.86. The highest BCUT2D eigenvalue weighted by Crippen LogP contribution is 2.24. The van der Waals surface area contributed by atoms with E-state index in [2.05, 4.69) is 0 Å². The second-order valence-corrected chi connectivity index (χ2v) is 3.70. The van der Waals surface area contributed by atoms with Crippen molar-refractivity contribution in [2.45, 2.75) is 5.92 Å². The van der Waals surface area contributed by atoms with Crippen LogP contribution in [0.5, 0.6) is 0 Å². The van der Waals surface area contributed by atoms with Crippen LogP contribution in [0.3, 0.4) is 0 Å². The molecule has 1 aromatic carbocycles. The van der Waals surface area contributed by atoms with Gasteiger partial charge in [0.05, 0.1) is 5.92 Å². The standard InChI is InChI=1S/C9H9Cl2NO2/c10-6-1-5(2-7(11)3-6)8(4-12)9(13)14/h1-3,8H,4,12H2,(H,13,14). The highest BCUT2D eigenvalue weighted by atomic mass is 35.5. The zero-order valence-electron chi connectivity index (χ0n) is 7.21. The predicted octanol–water partition coefficient (Wildman–Crippen LogP) is 2.12. The van der Waals surface area contributed by atoms with Gasteiger partial charge < -0.3 is 10.8 Å². The zero-order valence-corrected chi connectivity index (χ0v) is 8.72. The maximum atomic E-state index is 10.8. The third-order valence-electron chi connectivity index (χ3n) is 1.82. The molecule has 1 aromatic rings. The number of nitrogens with two attached hydrogens (primary N) is 1. The molecule has 3 N–H and O–H groups in total. The lowest BCUT2D eigenvalue weighted by Gasteiger charge is -2.10. The third-order valence-corrected chi connectivity index (χ3v) is 2.26. The van der Waals surface area contributed by atoms with Gasteiger partial charge in [-0.05, 0) is 23.8 Å². The number of carbonyl (C=O) groups is 1. The van der Waals surface area contributed by atoms with Gasteiger partial charge in [-0.25, -0.2) is 0 Å². The van der Waals surface area contributed by atoms with Gasteiger partial charge in [0.15, 0.2) is 0 Å². The first kappa shape index (κ1) is 11.3. The van der Waals surface area contributed by atoms with Gasteiger partial charge in [0.25, 0.3) is 0 Å². The Hall–Kier alpha value is -0.770. The van der Waals surface area contributed by atoms with Gasteiger partial charge in [-0.2, -0.15) is 0 Å². The molecule has 0 fully saturated rings. The Kier molecular flexibility index (Phi) is 3.75. The summed E-state index contributed by atoms with van der Waals surface area (Å²) in [6, 6.07) is 4.65. The molecular weight excluding hydrogens is 225 g/mol. The van der Waals surface area contributed by atoms with Crippen LogP contribution in [-0.4, -0.2) is 17.6 Å². The monoisotopic (exact) mass is 233 g/mol. The van der Waals surface area contributed by atoms with E-state index in [1.807, 2.05) is 0 Å². The molecule has 0 amide bonds. The molecule has 1 atom stereocenters. The van der Waals surface area contributed by atoms with Crippen molar-refractivity contribution in [3.63, 3.8) is 0 Å². The Morgan fingerprint density at radius 2 is 1.86 bits per heavy atom. The first-order valence-corrected chi connectivity index (χ1v) is 4.69. The van der Waals surface area contributed by atoms with Crippen molar-refractivity contribution in [3.05, 3.63) is 33.8 Å². The lowest BCUT2D eigenvalue weighted by Crippen LogP contribution is -2.21. The number of aliphatic carboxylic acids is 1. The SMILES string of the molecule is NCC(C(=O)O)c1cc(Cl)cc(Cl)c1. The van der Waals surface area contributed by atoms with Crippen LogP contribution in [0.1, 0.15) is 11.5 Å². The molecule has 0 aliphatic rings. The molecule has 76 valence electrons. The van der Waals surface area contributed by atoms with E-state index in [0.717, 1.165) is 0 Å². The molecule has 0 saturated carbocycles. The van der Waals surface area contributed by atoms with Crippen LogP contribution in [0.15, 0.2) is 18.2 Å². The predicted molar refractivity (Wildman–Crippen MR) is 55.9 cm³/mol. The molecule has 0 aliphatic heterocycles. The van der Waals surface area contributed by atoms with Crippen molar-refractivity contribution in [3.8, 4) is 0 Å². The number of benzene rings is 1. The van der Waals surface area contributed by atoms with Crippen LogP contribution in [0, 0.1) is 0 Å². The highest BCUT2D eigenvalue weighted by Gasteiger charge is 2.18. The summed E-state index contributed by atoms with van der Waals surface area (Å²) >= 11 is 11.5. The van der Waals surface area contributed by atoms with Crippen LogP contribution in [0.2, 0.25) is 10.0 Å². The van der Waals surface area contributed by atoms with Crippen LogP contribution >= 0.6 is 23.2 Å². The zero-order chi connectivity index (χ0) is 10.7. The summed E-state index contributed by atoms with van der Waals surface area (Å²) in [5.74, 6) is -1.74.